The average molecular weight is 224 g/mol. The minimum Gasteiger partial charge on any atom is -0.315 e. The smallest absolute Gasteiger partial charge is 0.0107 e. The summed E-state index contributed by atoms with van der Waals surface area (Å²) in [5, 5.41) is 5.65. The molecule has 0 saturated heterocycles. The van der Waals surface area contributed by atoms with Crippen LogP contribution in [0, 0.1) is 0 Å². The largest absolute Gasteiger partial charge is 0.315 e. The van der Waals surface area contributed by atoms with Gasteiger partial charge in [-0.15, -0.1) is 11.3 Å². The van der Waals surface area contributed by atoms with Crippen molar-refractivity contribution < 1.29 is 0 Å². The number of thiophene rings is 1. The molecule has 1 aliphatic rings. The molecule has 2 rings (SSSR count). The standard InChI is InChI=1S/C12H20N2S/c1-14(11-4-5-11)9-8-13-7-6-12-3-2-10-15-12/h2-3,10-11,13H,4-9H2,1H3. The predicted octanol–water partition coefficient (Wildman–Crippen LogP) is 1.97. The molecule has 1 fully saturated rings. The molecule has 1 aliphatic carbocycles. The summed E-state index contributed by atoms with van der Waals surface area (Å²) in [5.74, 6) is 0. The van der Waals surface area contributed by atoms with Gasteiger partial charge in [0.2, 0.25) is 0 Å². The molecule has 0 spiro atoms. The third kappa shape index (κ3) is 3.93. The van der Waals surface area contributed by atoms with Gasteiger partial charge in [0.1, 0.15) is 0 Å². The molecule has 1 aromatic rings. The maximum absolute atomic E-state index is 3.50. The van der Waals surface area contributed by atoms with Crippen LogP contribution in [0.2, 0.25) is 0 Å². The molecular formula is C12H20N2S. The van der Waals surface area contributed by atoms with E-state index in [0.29, 0.717) is 0 Å². The Balaban J connectivity index is 1.48. The third-order valence-electron chi connectivity index (χ3n) is 2.94. The van der Waals surface area contributed by atoms with E-state index in [-0.39, 0.29) is 0 Å². The molecule has 1 aromatic heterocycles. The van der Waals surface area contributed by atoms with Crippen LogP contribution in [0.4, 0.5) is 0 Å². The number of hydrogen-bond acceptors (Lipinski definition) is 3. The fourth-order valence-electron chi connectivity index (χ4n) is 1.74. The van der Waals surface area contributed by atoms with Gasteiger partial charge in [-0.3, -0.25) is 0 Å². The Kier molecular flexibility index (Phi) is 4.18. The van der Waals surface area contributed by atoms with Crippen molar-refractivity contribution in [3.05, 3.63) is 22.4 Å². The van der Waals surface area contributed by atoms with E-state index >= 15 is 0 Å². The first kappa shape index (κ1) is 11.1. The molecular weight excluding hydrogens is 204 g/mol. The van der Waals surface area contributed by atoms with E-state index in [4.69, 9.17) is 0 Å². The second-order valence-corrected chi connectivity index (χ2v) is 5.32. The van der Waals surface area contributed by atoms with Gasteiger partial charge in [-0.1, -0.05) is 6.07 Å². The molecule has 0 aromatic carbocycles. The zero-order chi connectivity index (χ0) is 10.5. The van der Waals surface area contributed by atoms with Crippen molar-refractivity contribution in [2.24, 2.45) is 0 Å². The van der Waals surface area contributed by atoms with Gasteiger partial charge < -0.3 is 10.2 Å². The highest BCUT2D eigenvalue weighted by Crippen LogP contribution is 2.24. The summed E-state index contributed by atoms with van der Waals surface area (Å²) in [7, 11) is 2.23. The molecule has 1 heterocycles. The molecule has 0 unspecified atom stereocenters. The van der Waals surface area contributed by atoms with Crippen LogP contribution in [0.1, 0.15) is 17.7 Å². The highest BCUT2D eigenvalue weighted by molar-refractivity contribution is 7.09. The van der Waals surface area contributed by atoms with E-state index in [1.54, 1.807) is 0 Å². The predicted molar refractivity (Wildman–Crippen MR) is 66.5 cm³/mol. The molecule has 0 amide bonds. The second-order valence-electron chi connectivity index (χ2n) is 4.29. The number of rotatable bonds is 7. The van der Waals surface area contributed by atoms with E-state index in [9.17, 15) is 0 Å². The first-order valence-electron chi connectivity index (χ1n) is 5.79. The van der Waals surface area contributed by atoms with E-state index in [0.717, 1.165) is 19.1 Å². The lowest BCUT2D eigenvalue weighted by Gasteiger charge is -2.15. The Morgan fingerprint density at radius 2 is 2.33 bits per heavy atom. The van der Waals surface area contributed by atoms with E-state index < -0.39 is 0 Å². The van der Waals surface area contributed by atoms with Gasteiger partial charge in [-0.25, -0.2) is 0 Å². The molecule has 3 heteroatoms. The Hall–Kier alpha value is -0.380. The summed E-state index contributed by atoms with van der Waals surface area (Å²) in [6.07, 6.45) is 3.99. The van der Waals surface area contributed by atoms with Crippen molar-refractivity contribution >= 4 is 11.3 Å². The number of nitrogens with zero attached hydrogens (tertiary/aromatic N) is 1. The second kappa shape index (κ2) is 5.64. The van der Waals surface area contributed by atoms with Crippen LogP contribution in [-0.2, 0) is 6.42 Å². The Bertz CT molecular complexity index is 267. The Morgan fingerprint density at radius 1 is 1.47 bits per heavy atom. The SMILES string of the molecule is CN(CCNCCc1cccs1)C1CC1. The third-order valence-corrected chi connectivity index (χ3v) is 3.88. The van der Waals surface area contributed by atoms with Gasteiger partial charge in [0.25, 0.3) is 0 Å². The van der Waals surface area contributed by atoms with Crippen LogP contribution >= 0.6 is 11.3 Å². The molecule has 0 atom stereocenters. The molecule has 0 bridgehead atoms. The van der Waals surface area contributed by atoms with Crippen LogP contribution in [0.3, 0.4) is 0 Å². The van der Waals surface area contributed by atoms with Crippen LogP contribution in [0.15, 0.2) is 17.5 Å². The normalized spacial score (nSPS) is 16.1. The number of nitrogens with one attached hydrogen (secondary N) is 1. The summed E-state index contributed by atoms with van der Waals surface area (Å²) in [6, 6.07) is 5.23. The Morgan fingerprint density at radius 3 is 3.00 bits per heavy atom. The number of likely N-dealkylation sites (N-methyl/N-ethyl adjacent to an activating group) is 1. The maximum atomic E-state index is 3.50. The fourth-order valence-corrected chi connectivity index (χ4v) is 2.45. The summed E-state index contributed by atoms with van der Waals surface area (Å²) in [4.78, 5) is 3.95. The van der Waals surface area contributed by atoms with Crippen LogP contribution in [0.5, 0.6) is 0 Å². The number of hydrogen-bond donors (Lipinski definition) is 1. The molecule has 1 saturated carbocycles. The van der Waals surface area contributed by atoms with Crippen molar-refractivity contribution in [2.75, 3.05) is 26.7 Å². The van der Waals surface area contributed by atoms with Gasteiger partial charge >= 0.3 is 0 Å². The van der Waals surface area contributed by atoms with Crippen molar-refractivity contribution in [1.82, 2.24) is 10.2 Å². The first-order chi connectivity index (χ1) is 7.36. The minimum absolute atomic E-state index is 0.893. The van der Waals surface area contributed by atoms with Gasteiger partial charge in [0.15, 0.2) is 0 Å². The summed E-state index contributed by atoms with van der Waals surface area (Å²) in [5.41, 5.74) is 0. The van der Waals surface area contributed by atoms with Crippen molar-refractivity contribution in [1.29, 1.82) is 0 Å². The monoisotopic (exact) mass is 224 g/mol. The molecule has 0 aliphatic heterocycles. The maximum Gasteiger partial charge on any atom is 0.0107 e. The summed E-state index contributed by atoms with van der Waals surface area (Å²) >= 11 is 1.85. The van der Waals surface area contributed by atoms with Crippen LogP contribution in [-0.4, -0.2) is 37.6 Å². The fraction of sp³-hybridized carbons (Fsp3) is 0.667. The van der Waals surface area contributed by atoms with E-state index in [2.05, 4.69) is 34.8 Å². The summed E-state index contributed by atoms with van der Waals surface area (Å²) in [6.45, 7) is 3.42. The molecule has 84 valence electrons. The lowest BCUT2D eigenvalue weighted by molar-refractivity contribution is 0.322. The van der Waals surface area contributed by atoms with Gasteiger partial charge in [-0.05, 0) is 37.8 Å². The van der Waals surface area contributed by atoms with Gasteiger partial charge in [-0.2, -0.15) is 0 Å². The zero-order valence-corrected chi connectivity index (χ0v) is 10.2. The molecule has 0 radical (unpaired) electrons. The summed E-state index contributed by atoms with van der Waals surface area (Å²) < 4.78 is 0. The van der Waals surface area contributed by atoms with E-state index in [1.807, 2.05) is 11.3 Å². The minimum atomic E-state index is 0.893. The lowest BCUT2D eigenvalue weighted by Crippen LogP contribution is -2.31. The zero-order valence-electron chi connectivity index (χ0n) is 9.41. The quantitative estimate of drug-likeness (QED) is 0.712. The Labute approximate surface area is 96.3 Å². The van der Waals surface area contributed by atoms with E-state index in [1.165, 1.54) is 30.7 Å². The molecule has 2 nitrogen and oxygen atoms in total. The van der Waals surface area contributed by atoms with Crippen LogP contribution < -0.4 is 5.32 Å². The van der Waals surface area contributed by atoms with Crippen LogP contribution in [0.25, 0.3) is 0 Å². The topological polar surface area (TPSA) is 15.3 Å². The van der Waals surface area contributed by atoms with Crippen molar-refractivity contribution in [2.45, 2.75) is 25.3 Å². The lowest BCUT2D eigenvalue weighted by atomic mass is 10.3. The first-order valence-corrected chi connectivity index (χ1v) is 6.67. The van der Waals surface area contributed by atoms with Crippen molar-refractivity contribution in [3.8, 4) is 0 Å². The van der Waals surface area contributed by atoms with Gasteiger partial charge in [0.05, 0.1) is 0 Å². The molecule has 1 N–H and O–H groups in total. The van der Waals surface area contributed by atoms with Crippen molar-refractivity contribution in [3.63, 3.8) is 0 Å². The highest BCUT2D eigenvalue weighted by atomic mass is 32.1. The van der Waals surface area contributed by atoms with Gasteiger partial charge in [0, 0.05) is 30.6 Å². The average Bonchev–Trinajstić information content (AvgIpc) is 2.97. The molecule has 15 heavy (non-hydrogen) atoms. The highest BCUT2D eigenvalue weighted by Gasteiger charge is 2.25.